The van der Waals surface area contributed by atoms with Gasteiger partial charge in [0.2, 0.25) is 0 Å². The third kappa shape index (κ3) is 4.97. The zero-order valence-electron chi connectivity index (χ0n) is 19.5. The van der Waals surface area contributed by atoms with E-state index in [0.29, 0.717) is 34.0 Å². The summed E-state index contributed by atoms with van der Waals surface area (Å²) < 4.78 is 41.5. The molecule has 4 heterocycles. The van der Waals surface area contributed by atoms with Crippen LogP contribution in [0, 0.1) is 11.6 Å². The molecule has 13 heteroatoms. The first-order chi connectivity index (χ1) is 18.1. The SMILES string of the molecule is COc1cnc(-c2nn(Cc3c(F)cc(OCCO)cc3F)c3cccnc23)nc1Nc1ccnnc1. The number of benzene rings is 1. The first-order valence-electron chi connectivity index (χ1n) is 11.1. The van der Waals surface area contributed by atoms with Crippen molar-refractivity contribution in [3.63, 3.8) is 0 Å². The Hall–Kier alpha value is -4.78. The number of ether oxygens (including phenoxy) is 2. The average Bonchev–Trinajstić information content (AvgIpc) is 3.28. The van der Waals surface area contributed by atoms with Gasteiger partial charge >= 0.3 is 0 Å². The van der Waals surface area contributed by atoms with Crippen LogP contribution < -0.4 is 14.8 Å². The van der Waals surface area contributed by atoms with Crippen molar-refractivity contribution < 1.29 is 23.4 Å². The van der Waals surface area contributed by atoms with Crippen molar-refractivity contribution in [1.29, 1.82) is 0 Å². The Morgan fingerprint density at radius 3 is 2.62 bits per heavy atom. The second-order valence-electron chi connectivity index (χ2n) is 7.68. The Morgan fingerprint density at radius 2 is 1.89 bits per heavy atom. The molecule has 0 aliphatic heterocycles. The molecule has 0 amide bonds. The normalized spacial score (nSPS) is 11.0. The molecule has 0 fully saturated rings. The van der Waals surface area contributed by atoms with Gasteiger partial charge in [-0.1, -0.05) is 0 Å². The number of methoxy groups -OCH3 is 1. The molecule has 0 atom stereocenters. The van der Waals surface area contributed by atoms with E-state index in [4.69, 9.17) is 14.6 Å². The number of aromatic nitrogens is 7. The number of fused-ring (bicyclic) bond motifs is 1. The fraction of sp³-hybridized carbons (Fsp3) is 0.167. The standard InChI is InChI=1S/C24H20F2N8O3/c1-36-20-12-28-24(32-23(20)31-14-4-6-29-30-11-14)22-21-19(3-2-5-27-21)34(33-22)13-16-17(25)9-15(10-18(16)26)37-8-7-35/h2-6,9-12,35H,7-8,13H2,1H3,(H,28,29,31,32). The predicted molar refractivity (Wildman–Crippen MR) is 128 cm³/mol. The van der Waals surface area contributed by atoms with Crippen LogP contribution in [0.5, 0.6) is 11.5 Å². The van der Waals surface area contributed by atoms with Gasteiger partial charge in [0, 0.05) is 23.9 Å². The van der Waals surface area contributed by atoms with Crippen molar-refractivity contribution in [2.24, 2.45) is 0 Å². The van der Waals surface area contributed by atoms with E-state index in [1.165, 1.54) is 30.4 Å². The third-order valence-corrected chi connectivity index (χ3v) is 5.33. The Kier molecular flexibility index (Phi) is 6.76. The Bertz CT molecular complexity index is 1530. The van der Waals surface area contributed by atoms with Crippen LogP contribution in [-0.4, -0.2) is 60.4 Å². The first kappa shape index (κ1) is 23.9. The number of pyridine rings is 1. The quantitative estimate of drug-likeness (QED) is 0.307. The molecule has 37 heavy (non-hydrogen) atoms. The molecule has 0 radical (unpaired) electrons. The smallest absolute Gasteiger partial charge is 0.184 e. The number of aliphatic hydroxyl groups excluding tert-OH is 1. The third-order valence-electron chi connectivity index (χ3n) is 5.33. The van der Waals surface area contributed by atoms with Gasteiger partial charge in [0.25, 0.3) is 0 Å². The number of rotatable bonds is 9. The Labute approximate surface area is 208 Å². The van der Waals surface area contributed by atoms with Gasteiger partial charge in [-0.2, -0.15) is 15.3 Å². The monoisotopic (exact) mass is 506 g/mol. The van der Waals surface area contributed by atoms with Crippen LogP contribution in [0.15, 0.2) is 55.1 Å². The van der Waals surface area contributed by atoms with Crippen LogP contribution in [0.4, 0.5) is 20.3 Å². The lowest BCUT2D eigenvalue weighted by atomic mass is 10.2. The summed E-state index contributed by atoms with van der Waals surface area (Å²) in [5, 5.41) is 24.1. The highest BCUT2D eigenvalue weighted by Crippen LogP contribution is 2.30. The van der Waals surface area contributed by atoms with E-state index in [1.807, 2.05) is 0 Å². The van der Waals surface area contributed by atoms with Gasteiger partial charge < -0.3 is 19.9 Å². The minimum atomic E-state index is -0.805. The van der Waals surface area contributed by atoms with Gasteiger partial charge in [0.05, 0.1) is 50.1 Å². The number of hydrogen-bond acceptors (Lipinski definition) is 10. The fourth-order valence-corrected chi connectivity index (χ4v) is 3.63. The highest BCUT2D eigenvalue weighted by molar-refractivity contribution is 5.88. The summed E-state index contributed by atoms with van der Waals surface area (Å²) in [6.45, 7) is -0.568. The highest BCUT2D eigenvalue weighted by atomic mass is 19.1. The minimum Gasteiger partial charge on any atom is -0.491 e. The molecule has 0 saturated carbocycles. The van der Waals surface area contributed by atoms with Crippen molar-refractivity contribution in [2.75, 3.05) is 25.6 Å². The highest BCUT2D eigenvalue weighted by Gasteiger charge is 2.20. The van der Waals surface area contributed by atoms with E-state index in [-0.39, 0.29) is 36.9 Å². The lowest BCUT2D eigenvalue weighted by molar-refractivity contribution is 0.200. The average molecular weight is 506 g/mol. The molecule has 11 nitrogen and oxygen atoms in total. The summed E-state index contributed by atoms with van der Waals surface area (Å²) in [6.07, 6.45) is 6.12. The molecule has 0 spiro atoms. The molecule has 5 rings (SSSR count). The molecule has 0 aliphatic rings. The fourth-order valence-electron chi connectivity index (χ4n) is 3.63. The van der Waals surface area contributed by atoms with Crippen molar-refractivity contribution in [3.05, 3.63) is 72.3 Å². The molecular formula is C24H20F2N8O3. The topological polar surface area (TPSA) is 133 Å². The van der Waals surface area contributed by atoms with Crippen LogP contribution in [0.3, 0.4) is 0 Å². The molecule has 0 unspecified atom stereocenters. The lowest BCUT2D eigenvalue weighted by Gasteiger charge is -2.10. The maximum absolute atomic E-state index is 14.8. The summed E-state index contributed by atoms with van der Waals surface area (Å²) >= 11 is 0. The van der Waals surface area contributed by atoms with Crippen molar-refractivity contribution in [2.45, 2.75) is 6.54 Å². The number of nitrogens with zero attached hydrogens (tertiary/aromatic N) is 7. The van der Waals surface area contributed by atoms with Crippen LogP contribution in [-0.2, 0) is 6.54 Å². The zero-order valence-corrected chi connectivity index (χ0v) is 19.5. The molecule has 0 bridgehead atoms. The maximum atomic E-state index is 14.8. The van der Waals surface area contributed by atoms with Gasteiger partial charge in [-0.05, 0) is 18.2 Å². The largest absolute Gasteiger partial charge is 0.491 e. The molecule has 0 saturated heterocycles. The molecule has 1 aromatic carbocycles. The van der Waals surface area contributed by atoms with Gasteiger partial charge in [-0.3, -0.25) is 9.67 Å². The molecular weight excluding hydrogens is 486 g/mol. The molecule has 2 N–H and O–H groups in total. The Morgan fingerprint density at radius 1 is 1.05 bits per heavy atom. The predicted octanol–water partition coefficient (Wildman–Crippen LogP) is 3.13. The first-order valence-corrected chi connectivity index (χ1v) is 11.1. The number of nitrogens with one attached hydrogen (secondary N) is 1. The maximum Gasteiger partial charge on any atom is 0.184 e. The summed E-state index contributed by atoms with van der Waals surface area (Å²) in [5.41, 5.74) is 1.72. The second-order valence-corrected chi connectivity index (χ2v) is 7.68. The molecule has 188 valence electrons. The van der Waals surface area contributed by atoms with Crippen molar-refractivity contribution in [3.8, 4) is 23.0 Å². The summed E-state index contributed by atoms with van der Waals surface area (Å²) in [5.74, 6) is -0.669. The molecule has 4 aromatic heterocycles. The van der Waals surface area contributed by atoms with E-state index >= 15 is 0 Å². The summed E-state index contributed by atoms with van der Waals surface area (Å²) in [4.78, 5) is 13.3. The lowest BCUT2D eigenvalue weighted by Crippen LogP contribution is -2.08. The zero-order chi connectivity index (χ0) is 25.8. The molecule has 0 aliphatic carbocycles. The van der Waals surface area contributed by atoms with Crippen LogP contribution in [0.1, 0.15) is 5.56 Å². The van der Waals surface area contributed by atoms with Gasteiger partial charge in [-0.25, -0.2) is 18.7 Å². The number of hydrogen-bond donors (Lipinski definition) is 2. The van der Waals surface area contributed by atoms with E-state index in [2.05, 4.69) is 35.6 Å². The van der Waals surface area contributed by atoms with Gasteiger partial charge in [-0.15, -0.1) is 0 Å². The molecule has 5 aromatic rings. The van der Waals surface area contributed by atoms with Crippen LogP contribution in [0.25, 0.3) is 22.6 Å². The van der Waals surface area contributed by atoms with E-state index in [1.54, 1.807) is 24.4 Å². The van der Waals surface area contributed by atoms with Gasteiger partial charge in [0.1, 0.15) is 29.5 Å². The summed E-state index contributed by atoms with van der Waals surface area (Å²) in [7, 11) is 1.49. The summed E-state index contributed by atoms with van der Waals surface area (Å²) in [6, 6.07) is 7.28. The van der Waals surface area contributed by atoms with E-state index in [0.717, 1.165) is 12.1 Å². The second kappa shape index (κ2) is 10.5. The number of halogens is 2. The minimum absolute atomic E-state index is 0.0171. The van der Waals surface area contributed by atoms with Crippen molar-refractivity contribution in [1.82, 2.24) is 34.9 Å². The number of anilines is 2. The van der Waals surface area contributed by atoms with Crippen LogP contribution >= 0.6 is 0 Å². The van der Waals surface area contributed by atoms with Crippen LogP contribution in [0.2, 0.25) is 0 Å². The van der Waals surface area contributed by atoms with Gasteiger partial charge in [0.15, 0.2) is 23.1 Å². The van der Waals surface area contributed by atoms with E-state index in [9.17, 15) is 8.78 Å². The Balaban J connectivity index is 1.54. The van der Waals surface area contributed by atoms with E-state index < -0.39 is 11.6 Å². The number of aliphatic hydroxyl groups is 1. The van der Waals surface area contributed by atoms with Crippen molar-refractivity contribution >= 4 is 22.5 Å².